The highest BCUT2D eigenvalue weighted by Crippen LogP contribution is 2.23. The minimum Gasteiger partial charge on any atom is -0.334 e. The number of likely N-dealkylation sites (tertiary alicyclic amines) is 1. The zero-order chi connectivity index (χ0) is 13.5. The number of aromatic nitrogens is 2. The third-order valence-corrected chi connectivity index (χ3v) is 3.77. The molecule has 1 aliphatic heterocycles. The first-order valence-corrected chi connectivity index (χ1v) is 6.80. The van der Waals surface area contributed by atoms with Crippen molar-refractivity contribution in [2.24, 2.45) is 5.92 Å². The Morgan fingerprint density at radius 2 is 2.11 bits per heavy atom. The number of imidazole rings is 1. The zero-order valence-electron chi connectivity index (χ0n) is 11.1. The van der Waals surface area contributed by atoms with Crippen LogP contribution in [-0.4, -0.2) is 34.1 Å². The van der Waals surface area contributed by atoms with E-state index in [4.69, 9.17) is 10.5 Å². The molecule has 0 saturated carbocycles. The molecule has 1 aromatic rings. The lowest BCUT2D eigenvalue weighted by Gasteiger charge is -2.33. The molecule has 5 heteroatoms. The molecule has 1 atom stereocenters. The van der Waals surface area contributed by atoms with Crippen molar-refractivity contribution < 1.29 is 0 Å². The first-order valence-electron chi connectivity index (χ1n) is 6.80. The Bertz CT molecular complexity index is 445. The summed E-state index contributed by atoms with van der Waals surface area (Å²) < 4.78 is 2.18. The van der Waals surface area contributed by atoms with Gasteiger partial charge in [-0.05, 0) is 19.3 Å². The van der Waals surface area contributed by atoms with Crippen molar-refractivity contribution >= 4 is 0 Å². The molecule has 100 valence electrons. The van der Waals surface area contributed by atoms with Crippen molar-refractivity contribution in [1.29, 1.82) is 10.5 Å². The molecule has 1 aromatic heterocycles. The summed E-state index contributed by atoms with van der Waals surface area (Å²) in [5, 5.41) is 17.7. The van der Waals surface area contributed by atoms with Gasteiger partial charge in [0.15, 0.2) is 0 Å². The van der Waals surface area contributed by atoms with Crippen molar-refractivity contribution in [3.63, 3.8) is 0 Å². The summed E-state index contributed by atoms with van der Waals surface area (Å²) in [6.07, 6.45) is 9.09. The van der Waals surface area contributed by atoms with Crippen molar-refractivity contribution in [2.75, 3.05) is 19.6 Å². The fourth-order valence-corrected chi connectivity index (χ4v) is 2.63. The number of nitrogens with zero attached hydrogens (tertiary/aromatic N) is 5. The Labute approximate surface area is 114 Å². The van der Waals surface area contributed by atoms with E-state index in [9.17, 15) is 0 Å². The van der Waals surface area contributed by atoms with Crippen LogP contribution in [0.3, 0.4) is 0 Å². The molecule has 0 aliphatic carbocycles. The third kappa shape index (κ3) is 3.81. The fraction of sp³-hybridized carbons (Fsp3) is 0.643. The molecule has 1 unspecified atom stereocenters. The van der Waals surface area contributed by atoms with Gasteiger partial charge in [-0.2, -0.15) is 10.5 Å². The van der Waals surface area contributed by atoms with Crippen molar-refractivity contribution in [2.45, 2.75) is 31.7 Å². The van der Waals surface area contributed by atoms with Gasteiger partial charge in [0.2, 0.25) is 0 Å². The van der Waals surface area contributed by atoms with E-state index in [2.05, 4.69) is 26.6 Å². The standard InChI is InChI=1S/C14H19N5/c15-5-1-2-13(10-16)11-18-7-3-14(4-8-18)19-9-6-17-12-19/h6,9,12-14H,1-4,7-8,11H2. The van der Waals surface area contributed by atoms with Gasteiger partial charge in [-0.3, -0.25) is 0 Å². The summed E-state index contributed by atoms with van der Waals surface area (Å²) in [7, 11) is 0. The molecule has 5 nitrogen and oxygen atoms in total. The van der Waals surface area contributed by atoms with Gasteiger partial charge in [0.25, 0.3) is 0 Å². The predicted octanol–water partition coefficient (Wildman–Crippen LogP) is 1.96. The van der Waals surface area contributed by atoms with E-state index in [-0.39, 0.29) is 5.92 Å². The molecule has 0 aromatic carbocycles. The van der Waals surface area contributed by atoms with Crippen LogP contribution in [0.4, 0.5) is 0 Å². The maximum atomic E-state index is 9.09. The Morgan fingerprint density at radius 1 is 1.32 bits per heavy atom. The minimum atomic E-state index is -0.00977. The van der Waals surface area contributed by atoms with E-state index in [1.165, 1.54) is 0 Å². The summed E-state index contributed by atoms with van der Waals surface area (Å²) >= 11 is 0. The second-order valence-electron chi connectivity index (χ2n) is 5.06. The lowest BCUT2D eigenvalue weighted by atomic mass is 10.0. The Hall–Kier alpha value is -1.85. The maximum Gasteiger partial charge on any atom is 0.0948 e. The normalized spacial score (nSPS) is 18.6. The number of piperidine rings is 1. The van der Waals surface area contributed by atoms with E-state index in [0.29, 0.717) is 18.9 Å². The number of rotatable bonds is 5. The Balaban J connectivity index is 1.77. The Morgan fingerprint density at radius 3 is 2.68 bits per heavy atom. The quantitative estimate of drug-likeness (QED) is 0.808. The van der Waals surface area contributed by atoms with Crippen LogP contribution < -0.4 is 0 Å². The zero-order valence-corrected chi connectivity index (χ0v) is 11.1. The summed E-state index contributed by atoms with van der Waals surface area (Å²) in [6.45, 7) is 2.84. The highest BCUT2D eigenvalue weighted by atomic mass is 15.2. The van der Waals surface area contributed by atoms with E-state index < -0.39 is 0 Å². The number of hydrogen-bond donors (Lipinski definition) is 0. The number of nitriles is 2. The third-order valence-electron chi connectivity index (χ3n) is 3.77. The molecule has 2 heterocycles. The summed E-state index contributed by atoms with van der Waals surface area (Å²) in [4.78, 5) is 6.43. The van der Waals surface area contributed by atoms with Crippen LogP contribution in [0.15, 0.2) is 18.7 Å². The molecule has 1 fully saturated rings. The second-order valence-corrected chi connectivity index (χ2v) is 5.06. The molecule has 0 spiro atoms. The average Bonchev–Trinajstić information content (AvgIpc) is 2.98. The van der Waals surface area contributed by atoms with Crippen LogP contribution in [0.5, 0.6) is 0 Å². The molecule has 19 heavy (non-hydrogen) atoms. The molecule has 0 N–H and O–H groups in total. The monoisotopic (exact) mass is 257 g/mol. The topological polar surface area (TPSA) is 68.6 Å². The van der Waals surface area contributed by atoms with Gasteiger partial charge < -0.3 is 9.47 Å². The molecule has 0 radical (unpaired) electrons. The van der Waals surface area contributed by atoms with Crippen molar-refractivity contribution in [3.05, 3.63) is 18.7 Å². The molecule has 2 rings (SSSR count). The van der Waals surface area contributed by atoms with Crippen LogP contribution in [-0.2, 0) is 0 Å². The Kier molecular flexibility index (Phi) is 4.94. The van der Waals surface area contributed by atoms with E-state index in [0.717, 1.165) is 32.5 Å². The van der Waals surface area contributed by atoms with E-state index in [1.54, 1.807) is 0 Å². The summed E-state index contributed by atoms with van der Waals surface area (Å²) in [5.41, 5.74) is 0. The van der Waals surface area contributed by atoms with Crippen LogP contribution in [0, 0.1) is 28.6 Å². The van der Waals surface area contributed by atoms with Gasteiger partial charge in [0.1, 0.15) is 0 Å². The molecule has 0 amide bonds. The predicted molar refractivity (Wildman–Crippen MR) is 70.9 cm³/mol. The minimum absolute atomic E-state index is 0.00977. The van der Waals surface area contributed by atoms with Gasteiger partial charge in [-0.1, -0.05) is 0 Å². The summed E-state index contributed by atoms with van der Waals surface area (Å²) in [6, 6.07) is 4.97. The lowest BCUT2D eigenvalue weighted by molar-refractivity contribution is 0.171. The SMILES string of the molecule is N#CCCC(C#N)CN1CCC(n2ccnc2)CC1. The highest BCUT2D eigenvalue weighted by molar-refractivity contribution is 4.90. The molecule has 1 saturated heterocycles. The number of hydrogen-bond acceptors (Lipinski definition) is 4. The average molecular weight is 257 g/mol. The van der Waals surface area contributed by atoms with Gasteiger partial charge in [-0.25, -0.2) is 4.98 Å². The maximum absolute atomic E-state index is 9.09. The van der Waals surface area contributed by atoms with Gasteiger partial charge in [0.05, 0.1) is 24.4 Å². The molecule has 0 bridgehead atoms. The van der Waals surface area contributed by atoms with Crippen LogP contribution >= 0.6 is 0 Å². The second kappa shape index (κ2) is 6.92. The van der Waals surface area contributed by atoms with Crippen molar-refractivity contribution in [3.8, 4) is 12.1 Å². The van der Waals surface area contributed by atoms with Crippen LogP contribution in [0.25, 0.3) is 0 Å². The molecular formula is C14H19N5. The largest absolute Gasteiger partial charge is 0.334 e. The molecule has 1 aliphatic rings. The highest BCUT2D eigenvalue weighted by Gasteiger charge is 2.22. The van der Waals surface area contributed by atoms with Gasteiger partial charge in [0, 0.05) is 44.5 Å². The van der Waals surface area contributed by atoms with Crippen LogP contribution in [0.2, 0.25) is 0 Å². The fourth-order valence-electron chi connectivity index (χ4n) is 2.63. The molecular weight excluding hydrogens is 238 g/mol. The first-order chi connectivity index (χ1) is 9.33. The summed E-state index contributed by atoms with van der Waals surface area (Å²) in [5.74, 6) is -0.00977. The smallest absolute Gasteiger partial charge is 0.0948 e. The van der Waals surface area contributed by atoms with Crippen LogP contribution in [0.1, 0.15) is 31.7 Å². The van der Waals surface area contributed by atoms with E-state index in [1.807, 2.05) is 18.7 Å². The van der Waals surface area contributed by atoms with E-state index >= 15 is 0 Å². The first kappa shape index (κ1) is 13.6. The van der Waals surface area contributed by atoms with Gasteiger partial charge >= 0.3 is 0 Å². The van der Waals surface area contributed by atoms with Crippen molar-refractivity contribution in [1.82, 2.24) is 14.5 Å². The van der Waals surface area contributed by atoms with Gasteiger partial charge in [-0.15, -0.1) is 0 Å². The lowest BCUT2D eigenvalue weighted by Crippen LogP contribution is -2.37.